The zero-order valence-corrected chi connectivity index (χ0v) is 14.4. The van der Waals surface area contributed by atoms with Gasteiger partial charge in [-0.25, -0.2) is 0 Å². The van der Waals surface area contributed by atoms with Gasteiger partial charge in [0.15, 0.2) is 5.16 Å². The number of carbonyl (C=O) groups excluding carboxylic acids is 1. The van der Waals surface area contributed by atoms with Crippen LogP contribution in [0.4, 0.5) is 0 Å². The average Bonchev–Trinajstić information content (AvgIpc) is 2.57. The number of halogens is 1. The van der Waals surface area contributed by atoms with Crippen molar-refractivity contribution < 1.29 is 9.53 Å². The normalized spacial score (nSPS) is 10.6. The smallest absolute Gasteiger partial charge is 0.305 e. The van der Waals surface area contributed by atoms with Crippen molar-refractivity contribution in [3.8, 4) is 0 Å². The van der Waals surface area contributed by atoms with E-state index in [1.807, 2.05) is 18.4 Å². The molecule has 0 saturated carbocycles. The maximum Gasteiger partial charge on any atom is 0.305 e. The quantitative estimate of drug-likeness (QED) is 0.585. The summed E-state index contributed by atoms with van der Waals surface area (Å²) in [5.41, 5.74) is 0.934. The molecular weight excluding hydrogens is 338 g/mol. The molecule has 0 amide bonds. The van der Waals surface area contributed by atoms with Gasteiger partial charge in [-0.3, -0.25) is 14.2 Å². The summed E-state index contributed by atoms with van der Waals surface area (Å²) in [4.78, 5) is 23.8. The van der Waals surface area contributed by atoms with Crippen LogP contribution in [-0.2, 0) is 22.5 Å². The molecule has 0 aliphatic carbocycles. The molecule has 1 aromatic heterocycles. The third-order valence-corrected chi connectivity index (χ3v) is 4.13. The molecule has 2 rings (SSSR count). The third-order valence-electron chi connectivity index (χ3n) is 3.21. The number of thioether (sulfide) groups is 1. The van der Waals surface area contributed by atoms with Crippen LogP contribution < -0.4 is 5.56 Å². The highest BCUT2D eigenvalue weighted by molar-refractivity contribution is 7.98. The van der Waals surface area contributed by atoms with Crippen LogP contribution in [-0.4, -0.2) is 34.1 Å². The Balaban J connectivity index is 2.30. The summed E-state index contributed by atoms with van der Waals surface area (Å²) < 4.78 is 6.13. The van der Waals surface area contributed by atoms with Crippen molar-refractivity contribution in [3.63, 3.8) is 0 Å². The fourth-order valence-corrected chi connectivity index (χ4v) is 2.60. The van der Waals surface area contributed by atoms with Crippen LogP contribution in [0, 0.1) is 0 Å². The van der Waals surface area contributed by atoms with Gasteiger partial charge in [0.25, 0.3) is 5.56 Å². The Hall–Kier alpha value is -1.86. The zero-order valence-electron chi connectivity index (χ0n) is 12.8. The molecule has 1 aromatic carbocycles. The lowest BCUT2D eigenvalue weighted by molar-refractivity contribution is -0.140. The van der Waals surface area contributed by atoms with E-state index in [2.05, 4.69) is 14.9 Å². The molecule has 2 aromatic rings. The first-order valence-electron chi connectivity index (χ1n) is 6.86. The van der Waals surface area contributed by atoms with Crippen LogP contribution >= 0.6 is 23.4 Å². The van der Waals surface area contributed by atoms with E-state index in [4.69, 9.17) is 11.6 Å². The maximum atomic E-state index is 12.6. The molecule has 1 heterocycles. The van der Waals surface area contributed by atoms with Gasteiger partial charge in [-0.15, -0.1) is 10.2 Å². The van der Waals surface area contributed by atoms with Crippen molar-refractivity contribution >= 4 is 29.3 Å². The van der Waals surface area contributed by atoms with E-state index < -0.39 is 0 Å². The van der Waals surface area contributed by atoms with Crippen LogP contribution in [0.25, 0.3) is 0 Å². The predicted molar refractivity (Wildman–Crippen MR) is 89.0 cm³/mol. The van der Waals surface area contributed by atoms with Crippen molar-refractivity contribution in [1.82, 2.24) is 14.8 Å². The van der Waals surface area contributed by atoms with Gasteiger partial charge >= 0.3 is 5.97 Å². The van der Waals surface area contributed by atoms with E-state index in [1.54, 1.807) is 16.7 Å². The number of rotatable bonds is 6. The van der Waals surface area contributed by atoms with Gasteiger partial charge in [-0.1, -0.05) is 35.5 Å². The molecule has 0 aliphatic rings. The second-order valence-corrected chi connectivity index (χ2v) is 5.94. The first-order valence-corrected chi connectivity index (χ1v) is 8.47. The van der Waals surface area contributed by atoms with Gasteiger partial charge in [0.05, 0.1) is 20.1 Å². The molecule has 8 heteroatoms. The number of aromatic nitrogens is 3. The molecule has 122 valence electrons. The highest BCUT2D eigenvalue weighted by atomic mass is 35.5. The van der Waals surface area contributed by atoms with Gasteiger partial charge in [0, 0.05) is 11.4 Å². The molecule has 0 bridgehead atoms. The Morgan fingerprint density at radius 2 is 2.00 bits per heavy atom. The second kappa shape index (κ2) is 8.12. The lowest BCUT2D eigenvalue weighted by atomic mass is 10.2. The van der Waals surface area contributed by atoms with Crippen LogP contribution in [0.15, 0.2) is 34.2 Å². The van der Waals surface area contributed by atoms with Gasteiger partial charge in [-0.2, -0.15) is 0 Å². The van der Waals surface area contributed by atoms with E-state index in [-0.39, 0.29) is 30.1 Å². The van der Waals surface area contributed by atoms with Crippen molar-refractivity contribution in [2.45, 2.75) is 24.5 Å². The number of carbonyl (C=O) groups is 1. The molecule has 0 aliphatic heterocycles. The first kappa shape index (κ1) is 17.5. The minimum atomic E-state index is -0.385. The summed E-state index contributed by atoms with van der Waals surface area (Å²) in [5.74, 6) is -0.385. The topological polar surface area (TPSA) is 74.1 Å². The fraction of sp³-hybridized carbons (Fsp3) is 0.333. The molecule has 0 fully saturated rings. The fourth-order valence-electron chi connectivity index (χ4n) is 1.98. The number of hydrogen-bond donors (Lipinski definition) is 0. The zero-order chi connectivity index (χ0) is 16.8. The Bertz CT molecular complexity index is 747. The molecule has 6 nitrogen and oxygen atoms in total. The number of benzene rings is 1. The number of esters is 1. The van der Waals surface area contributed by atoms with Gasteiger partial charge in [-0.05, 0) is 24.0 Å². The molecule has 0 N–H and O–H groups in total. The number of aryl methyl sites for hydroxylation is 1. The second-order valence-electron chi connectivity index (χ2n) is 4.73. The predicted octanol–water partition coefficient (Wildman–Crippen LogP) is 2.17. The van der Waals surface area contributed by atoms with E-state index in [0.29, 0.717) is 16.7 Å². The summed E-state index contributed by atoms with van der Waals surface area (Å²) >= 11 is 7.22. The first-order chi connectivity index (χ1) is 11.0. The number of ether oxygens (including phenoxy) is 1. The maximum absolute atomic E-state index is 12.6. The standard InChI is InChI=1S/C15H16ClN3O3S/c1-22-13(20)8-7-12-14(21)19(15(23-2)18-17-12)9-10-3-5-11(16)6-4-10/h3-6H,7-9H2,1-2H3. The number of nitrogens with zero attached hydrogens (tertiary/aromatic N) is 3. The van der Waals surface area contributed by atoms with E-state index in [9.17, 15) is 9.59 Å². The Kier molecular flexibility index (Phi) is 6.18. The molecule has 0 saturated heterocycles. The summed E-state index contributed by atoms with van der Waals surface area (Å²) in [6.07, 6.45) is 2.13. The lowest BCUT2D eigenvalue weighted by Gasteiger charge is -2.11. The molecule has 0 spiro atoms. The largest absolute Gasteiger partial charge is 0.469 e. The third kappa shape index (κ3) is 4.56. The van der Waals surface area contributed by atoms with Crippen molar-refractivity contribution in [2.24, 2.45) is 0 Å². The molecular formula is C15H16ClN3O3S. The summed E-state index contributed by atoms with van der Waals surface area (Å²) in [6, 6.07) is 7.25. The van der Waals surface area contributed by atoms with Gasteiger partial charge in [0.1, 0.15) is 5.69 Å². The Morgan fingerprint density at radius 3 is 2.61 bits per heavy atom. The average molecular weight is 354 g/mol. The monoisotopic (exact) mass is 353 g/mol. The van der Waals surface area contributed by atoms with Gasteiger partial charge in [0.2, 0.25) is 0 Å². The van der Waals surface area contributed by atoms with Crippen LogP contribution in [0.2, 0.25) is 5.02 Å². The Labute approximate surface area is 142 Å². The van der Waals surface area contributed by atoms with E-state index in [0.717, 1.165) is 5.56 Å². The SMILES string of the molecule is COC(=O)CCc1nnc(SC)n(Cc2ccc(Cl)cc2)c1=O. The number of methoxy groups -OCH3 is 1. The van der Waals surface area contributed by atoms with Crippen molar-refractivity contribution in [2.75, 3.05) is 13.4 Å². The summed E-state index contributed by atoms with van der Waals surface area (Å²) in [7, 11) is 1.31. The summed E-state index contributed by atoms with van der Waals surface area (Å²) in [5, 5.41) is 9.17. The summed E-state index contributed by atoms with van der Waals surface area (Å²) in [6.45, 7) is 0.368. The van der Waals surface area contributed by atoms with E-state index in [1.165, 1.54) is 18.9 Å². The number of hydrogen-bond acceptors (Lipinski definition) is 6. The van der Waals surface area contributed by atoms with Gasteiger partial charge < -0.3 is 4.74 Å². The lowest BCUT2D eigenvalue weighted by Crippen LogP contribution is -2.29. The van der Waals surface area contributed by atoms with Crippen LogP contribution in [0.3, 0.4) is 0 Å². The van der Waals surface area contributed by atoms with Crippen LogP contribution in [0.5, 0.6) is 0 Å². The highest BCUT2D eigenvalue weighted by Crippen LogP contribution is 2.14. The molecule has 23 heavy (non-hydrogen) atoms. The molecule has 0 radical (unpaired) electrons. The molecule has 0 atom stereocenters. The van der Waals surface area contributed by atoms with E-state index >= 15 is 0 Å². The van der Waals surface area contributed by atoms with Crippen molar-refractivity contribution in [1.29, 1.82) is 0 Å². The minimum absolute atomic E-state index is 0.0972. The van der Waals surface area contributed by atoms with Crippen molar-refractivity contribution in [3.05, 3.63) is 50.9 Å². The highest BCUT2D eigenvalue weighted by Gasteiger charge is 2.13. The Morgan fingerprint density at radius 1 is 1.30 bits per heavy atom. The van der Waals surface area contributed by atoms with Crippen LogP contribution in [0.1, 0.15) is 17.7 Å². The molecule has 0 unspecified atom stereocenters. The minimum Gasteiger partial charge on any atom is -0.469 e.